The van der Waals surface area contributed by atoms with Gasteiger partial charge in [0, 0.05) is 17.6 Å². The van der Waals surface area contributed by atoms with E-state index in [0.29, 0.717) is 35.4 Å². The van der Waals surface area contributed by atoms with Crippen molar-refractivity contribution in [1.29, 1.82) is 0 Å². The molecule has 0 bridgehead atoms. The molecular weight excluding hydrogens is 324 g/mol. The van der Waals surface area contributed by atoms with E-state index in [0.717, 1.165) is 18.4 Å². The minimum Gasteiger partial charge on any atom is -0.488 e. The van der Waals surface area contributed by atoms with E-state index in [4.69, 9.17) is 22.1 Å². The van der Waals surface area contributed by atoms with E-state index in [1.54, 1.807) is 12.1 Å². The second-order valence-corrected chi connectivity index (χ2v) is 6.50. The summed E-state index contributed by atoms with van der Waals surface area (Å²) in [6.45, 7) is 0.842. The maximum Gasteiger partial charge on any atom is 0.255 e. The normalized spacial score (nSPS) is 14.9. The van der Waals surface area contributed by atoms with E-state index in [-0.39, 0.29) is 11.9 Å². The molecule has 2 aromatic rings. The fourth-order valence-electron chi connectivity index (χ4n) is 2.64. The van der Waals surface area contributed by atoms with E-state index < -0.39 is 0 Å². The second kappa shape index (κ2) is 7.69. The maximum atomic E-state index is 12.6. The van der Waals surface area contributed by atoms with Gasteiger partial charge in [-0.25, -0.2) is 0 Å². The Bertz CT molecular complexity index is 699. The van der Waals surface area contributed by atoms with E-state index in [9.17, 15) is 4.79 Å². The van der Waals surface area contributed by atoms with Crippen LogP contribution in [0, 0.1) is 5.92 Å². The fourth-order valence-corrected chi connectivity index (χ4v) is 2.76. The lowest BCUT2D eigenvalue weighted by Crippen LogP contribution is -2.41. The molecule has 126 valence electrons. The van der Waals surface area contributed by atoms with Crippen molar-refractivity contribution in [2.24, 2.45) is 11.7 Å². The number of nitrogens with two attached hydrogens (primary N) is 1. The van der Waals surface area contributed by atoms with Crippen molar-refractivity contribution in [3.05, 3.63) is 64.7 Å². The molecule has 5 heteroatoms. The van der Waals surface area contributed by atoms with Gasteiger partial charge in [-0.15, -0.1) is 0 Å². The minimum absolute atomic E-state index is 0.0434. The van der Waals surface area contributed by atoms with E-state index in [1.807, 2.05) is 36.4 Å². The number of halogens is 1. The number of nitrogens with one attached hydrogen (secondary N) is 1. The summed E-state index contributed by atoms with van der Waals surface area (Å²) in [6, 6.07) is 14.8. The highest BCUT2D eigenvalue weighted by Crippen LogP contribution is 2.32. The highest BCUT2D eigenvalue weighted by molar-refractivity contribution is 6.30. The topological polar surface area (TPSA) is 64.3 Å². The zero-order valence-corrected chi connectivity index (χ0v) is 14.1. The molecule has 0 aromatic heterocycles. The Morgan fingerprint density at radius 3 is 2.58 bits per heavy atom. The largest absolute Gasteiger partial charge is 0.488 e. The van der Waals surface area contributed by atoms with Crippen LogP contribution < -0.4 is 15.8 Å². The van der Waals surface area contributed by atoms with Crippen molar-refractivity contribution in [1.82, 2.24) is 5.32 Å². The van der Waals surface area contributed by atoms with E-state index >= 15 is 0 Å². The lowest BCUT2D eigenvalue weighted by molar-refractivity contribution is 0.0929. The third kappa shape index (κ3) is 4.28. The predicted octanol–water partition coefficient (Wildman–Crippen LogP) is 3.39. The molecule has 0 radical (unpaired) electrons. The molecule has 24 heavy (non-hydrogen) atoms. The van der Waals surface area contributed by atoms with Crippen molar-refractivity contribution in [2.45, 2.75) is 25.5 Å². The number of hydrogen-bond acceptors (Lipinski definition) is 3. The quantitative estimate of drug-likeness (QED) is 0.809. The zero-order valence-electron chi connectivity index (χ0n) is 13.4. The summed E-state index contributed by atoms with van der Waals surface area (Å²) in [6.07, 6.45) is 2.27. The number of amides is 1. The standard InChI is InChI=1S/C19H21ClN2O2/c20-15-9-5-13(6-10-15)12-24-18-4-2-1-3-16(18)19(23)22-17(11-21)14-7-8-14/h1-6,9-10,14,17H,7-8,11-12,21H2,(H,22,23). The average molecular weight is 345 g/mol. The molecule has 0 aliphatic heterocycles. The van der Waals surface area contributed by atoms with Gasteiger partial charge in [0.15, 0.2) is 0 Å². The third-order valence-electron chi connectivity index (χ3n) is 4.20. The molecule has 1 atom stereocenters. The SMILES string of the molecule is NCC(NC(=O)c1ccccc1OCc1ccc(Cl)cc1)C1CC1. The average Bonchev–Trinajstić information content (AvgIpc) is 3.44. The summed E-state index contributed by atoms with van der Waals surface area (Å²) in [7, 11) is 0. The molecule has 1 saturated carbocycles. The molecule has 1 aliphatic rings. The molecule has 4 nitrogen and oxygen atoms in total. The van der Waals surface area contributed by atoms with Crippen LogP contribution in [0.25, 0.3) is 0 Å². The number of benzene rings is 2. The first-order valence-electron chi connectivity index (χ1n) is 8.14. The summed E-state index contributed by atoms with van der Waals surface area (Å²) in [5, 5.41) is 3.72. The van der Waals surface area contributed by atoms with Crippen molar-refractivity contribution in [3.8, 4) is 5.75 Å². The second-order valence-electron chi connectivity index (χ2n) is 6.06. The van der Waals surface area contributed by atoms with Crippen molar-refractivity contribution in [2.75, 3.05) is 6.54 Å². The molecule has 1 fully saturated rings. The predicted molar refractivity (Wildman–Crippen MR) is 95.3 cm³/mol. The molecule has 0 spiro atoms. The lowest BCUT2D eigenvalue weighted by Gasteiger charge is -2.17. The number of carbonyl (C=O) groups is 1. The Kier molecular flexibility index (Phi) is 5.38. The van der Waals surface area contributed by atoms with Crippen LogP contribution in [-0.2, 0) is 6.61 Å². The van der Waals surface area contributed by atoms with Gasteiger partial charge in [-0.2, -0.15) is 0 Å². The summed E-state index contributed by atoms with van der Waals surface area (Å²) in [5.74, 6) is 0.946. The number of carbonyl (C=O) groups excluding carboxylic acids is 1. The Morgan fingerprint density at radius 2 is 1.92 bits per heavy atom. The number of ether oxygens (including phenoxy) is 1. The summed E-state index contributed by atoms with van der Waals surface area (Å²) in [4.78, 5) is 12.6. The minimum atomic E-state index is -0.135. The molecule has 1 unspecified atom stereocenters. The zero-order chi connectivity index (χ0) is 16.9. The van der Waals surface area contributed by atoms with Crippen LogP contribution in [0.4, 0.5) is 0 Å². The first-order valence-corrected chi connectivity index (χ1v) is 8.52. The van der Waals surface area contributed by atoms with E-state index in [2.05, 4.69) is 5.32 Å². The Balaban J connectivity index is 1.67. The van der Waals surface area contributed by atoms with Gasteiger partial charge in [-0.1, -0.05) is 35.9 Å². The molecule has 0 heterocycles. The van der Waals surface area contributed by atoms with Gasteiger partial charge >= 0.3 is 0 Å². The van der Waals surface area contributed by atoms with Gasteiger partial charge in [-0.05, 0) is 48.6 Å². The molecule has 0 saturated heterocycles. The monoisotopic (exact) mass is 344 g/mol. The smallest absolute Gasteiger partial charge is 0.255 e. The van der Waals surface area contributed by atoms with Crippen LogP contribution in [-0.4, -0.2) is 18.5 Å². The van der Waals surface area contributed by atoms with Crippen molar-refractivity contribution < 1.29 is 9.53 Å². The molecular formula is C19H21ClN2O2. The van der Waals surface area contributed by atoms with Gasteiger partial charge in [0.25, 0.3) is 5.91 Å². The van der Waals surface area contributed by atoms with Crippen LogP contribution >= 0.6 is 11.6 Å². The molecule has 3 rings (SSSR count). The molecule has 3 N–H and O–H groups in total. The van der Waals surface area contributed by atoms with Gasteiger partial charge in [0.05, 0.1) is 5.56 Å². The van der Waals surface area contributed by atoms with Crippen LogP contribution in [0.3, 0.4) is 0 Å². The van der Waals surface area contributed by atoms with E-state index in [1.165, 1.54) is 0 Å². The van der Waals surface area contributed by atoms with Crippen molar-refractivity contribution >= 4 is 17.5 Å². The van der Waals surface area contributed by atoms with Gasteiger partial charge < -0.3 is 15.8 Å². The van der Waals surface area contributed by atoms with Crippen LogP contribution in [0.1, 0.15) is 28.8 Å². The van der Waals surface area contributed by atoms with Crippen LogP contribution in [0.5, 0.6) is 5.75 Å². The summed E-state index contributed by atoms with van der Waals surface area (Å²) >= 11 is 5.88. The Hall–Kier alpha value is -2.04. The fraction of sp³-hybridized carbons (Fsp3) is 0.316. The third-order valence-corrected chi connectivity index (χ3v) is 4.45. The van der Waals surface area contributed by atoms with Gasteiger partial charge in [-0.3, -0.25) is 4.79 Å². The number of hydrogen-bond donors (Lipinski definition) is 2. The Morgan fingerprint density at radius 1 is 1.21 bits per heavy atom. The summed E-state index contributed by atoms with van der Waals surface area (Å²) < 4.78 is 5.84. The Labute approximate surface area is 147 Å². The first-order chi connectivity index (χ1) is 11.7. The summed E-state index contributed by atoms with van der Waals surface area (Å²) in [5.41, 5.74) is 7.29. The highest BCUT2D eigenvalue weighted by atomic mass is 35.5. The van der Waals surface area contributed by atoms with Crippen molar-refractivity contribution in [3.63, 3.8) is 0 Å². The van der Waals surface area contributed by atoms with Gasteiger partial charge in [0.2, 0.25) is 0 Å². The molecule has 2 aromatic carbocycles. The molecule has 1 aliphatic carbocycles. The van der Waals surface area contributed by atoms with Crippen LogP contribution in [0.15, 0.2) is 48.5 Å². The van der Waals surface area contributed by atoms with Crippen LogP contribution in [0.2, 0.25) is 5.02 Å². The number of para-hydroxylation sites is 1. The highest BCUT2D eigenvalue weighted by Gasteiger charge is 2.31. The molecule has 1 amide bonds. The first kappa shape index (κ1) is 16.8. The maximum absolute atomic E-state index is 12.6. The lowest BCUT2D eigenvalue weighted by atomic mass is 10.1. The van der Waals surface area contributed by atoms with Gasteiger partial charge in [0.1, 0.15) is 12.4 Å². The number of rotatable bonds is 7.